The molecule has 1 aromatic heterocycles. The summed E-state index contributed by atoms with van der Waals surface area (Å²) in [5.74, 6) is -0.146. The van der Waals surface area contributed by atoms with Gasteiger partial charge in [0.2, 0.25) is 0 Å². The molecular weight excluding hydrogens is 379 g/mol. The standard InChI is InChI=1S/C14H14Cl2N2O5S/c1-7-5-9(12(16)8(2)11(7)15)23-24(21,22)10-6-17(3)14(20)18(4)13(10)19/h5-6H,1-4H3. The summed E-state index contributed by atoms with van der Waals surface area (Å²) < 4.78 is 31.6. The van der Waals surface area contributed by atoms with Crippen LogP contribution in [0, 0.1) is 13.8 Å². The number of nitrogens with zero attached hydrogens (tertiary/aromatic N) is 2. The average Bonchev–Trinajstić information content (AvgIpc) is 2.51. The van der Waals surface area contributed by atoms with Crippen molar-refractivity contribution in [2.24, 2.45) is 14.1 Å². The summed E-state index contributed by atoms with van der Waals surface area (Å²) >= 11 is 12.1. The van der Waals surface area contributed by atoms with E-state index in [1.54, 1.807) is 13.8 Å². The van der Waals surface area contributed by atoms with Crippen molar-refractivity contribution >= 4 is 33.3 Å². The second kappa shape index (κ2) is 6.27. The second-order valence-electron chi connectivity index (χ2n) is 5.23. The smallest absolute Gasteiger partial charge is 0.346 e. The van der Waals surface area contributed by atoms with E-state index in [4.69, 9.17) is 27.4 Å². The maximum absolute atomic E-state index is 12.5. The molecule has 0 aliphatic rings. The third kappa shape index (κ3) is 3.09. The lowest BCUT2D eigenvalue weighted by atomic mass is 10.1. The molecule has 0 spiro atoms. The van der Waals surface area contributed by atoms with Crippen LogP contribution < -0.4 is 15.4 Å². The fraction of sp³-hybridized carbons (Fsp3) is 0.286. The fourth-order valence-corrected chi connectivity index (χ4v) is 3.60. The minimum absolute atomic E-state index is 0.0239. The number of aryl methyl sites for hydroxylation is 2. The predicted octanol–water partition coefficient (Wildman–Crippen LogP) is 1.78. The molecule has 10 heteroatoms. The van der Waals surface area contributed by atoms with E-state index in [0.29, 0.717) is 20.7 Å². The van der Waals surface area contributed by atoms with Gasteiger partial charge in [-0.3, -0.25) is 9.36 Å². The minimum Gasteiger partial charge on any atom is -0.377 e. The number of hydrogen-bond donors (Lipinski definition) is 0. The van der Waals surface area contributed by atoms with Crippen LogP contribution in [0.4, 0.5) is 0 Å². The van der Waals surface area contributed by atoms with Gasteiger partial charge in [-0.15, -0.1) is 0 Å². The van der Waals surface area contributed by atoms with Crippen LogP contribution in [0.25, 0.3) is 0 Å². The maximum Gasteiger partial charge on any atom is 0.346 e. The Morgan fingerprint density at radius 3 is 2.25 bits per heavy atom. The molecule has 0 N–H and O–H groups in total. The lowest BCUT2D eigenvalue weighted by Gasteiger charge is -2.13. The highest BCUT2D eigenvalue weighted by molar-refractivity contribution is 7.87. The van der Waals surface area contributed by atoms with Crippen molar-refractivity contribution in [3.8, 4) is 5.75 Å². The summed E-state index contributed by atoms with van der Waals surface area (Å²) in [6.07, 6.45) is 0.906. The molecule has 7 nitrogen and oxygen atoms in total. The summed E-state index contributed by atoms with van der Waals surface area (Å²) in [6.45, 7) is 3.28. The van der Waals surface area contributed by atoms with Crippen LogP contribution in [0.1, 0.15) is 11.1 Å². The lowest BCUT2D eigenvalue weighted by Crippen LogP contribution is -2.39. The predicted molar refractivity (Wildman–Crippen MR) is 90.7 cm³/mol. The van der Waals surface area contributed by atoms with Gasteiger partial charge in [0, 0.05) is 25.3 Å². The molecule has 2 aromatic rings. The van der Waals surface area contributed by atoms with Crippen molar-refractivity contribution in [1.82, 2.24) is 9.13 Å². The molecule has 2 rings (SSSR count). The molecule has 0 saturated carbocycles. The summed E-state index contributed by atoms with van der Waals surface area (Å²) in [7, 11) is -2.00. The van der Waals surface area contributed by atoms with Crippen molar-refractivity contribution in [2.75, 3.05) is 0 Å². The molecule has 1 heterocycles. The molecule has 0 unspecified atom stereocenters. The molecule has 1 aromatic carbocycles. The first kappa shape index (κ1) is 18.6. The highest BCUT2D eigenvalue weighted by Crippen LogP contribution is 2.36. The zero-order valence-corrected chi connectivity index (χ0v) is 15.6. The van der Waals surface area contributed by atoms with E-state index in [2.05, 4.69) is 0 Å². The first-order valence-electron chi connectivity index (χ1n) is 6.63. The van der Waals surface area contributed by atoms with Gasteiger partial charge in [0.05, 0.1) is 5.02 Å². The third-order valence-corrected chi connectivity index (χ3v) is 5.72. The Morgan fingerprint density at radius 2 is 1.67 bits per heavy atom. The Morgan fingerprint density at radius 1 is 1.08 bits per heavy atom. The van der Waals surface area contributed by atoms with E-state index in [-0.39, 0.29) is 10.8 Å². The van der Waals surface area contributed by atoms with Gasteiger partial charge in [-0.1, -0.05) is 23.2 Å². The highest BCUT2D eigenvalue weighted by atomic mass is 35.5. The van der Waals surface area contributed by atoms with Gasteiger partial charge in [-0.2, -0.15) is 8.42 Å². The van der Waals surface area contributed by atoms with Gasteiger partial charge < -0.3 is 8.75 Å². The van der Waals surface area contributed by atoms with Crippen LogP contribution in [-0.2, 0) is 24.2 Å². The average molecular weight is 393 g/mol. The van der Waals surface area contributed by atoms with Crippen molar-refractivity contribution in [1.29, 1.82) is 0 Å². The number of hydrogen-bond acceptors (Lipinski definition) is 5. The van der Waals surface area contributed by atoms with Crippen LogP contribution in [0.3, 0.4) is 0 Å². The van der Waals surface area contributed by atoms with Gasteiger partial charge in [0.1, 0.15) is 0 Å². The monoisotopic (exact) mass is 392 g/mol. The van der Waals surface area contributed by atoms with Crippen LogP contribution in [0.15, 0.2) is 26.7 Å². The molecule has 0 bridgehead atoms. The molecule has 0 aliphatic heterocycles. The Kier molecular flexibility index (Phi) is 4.85. The van der Waals surface area contributed by atoms with E-state index in [9.17, 15) is 18.0 Å². The van der Waals surface area contributed by atoms with Gasteiger partial charge in [0.25, 0.3) is 5.56 Å². The second-order valence-corrected chi connectivity index (χ2v) is 7.50. The van der Waals surface area contributed by atoms with Gasteiger partial charge in [0.15, 0.2) is 10.6 Å². The first-order chi connectivity index (χ1) is 11.0. The van der Waals surface area contributed by atoms with Crippen LogP contribution in [-0.4, -0.2) is 17.6 Å². The number of halogens is 2. The van der Waals surface area contributed by atoms with Crippen molar-refractivity contribution in [3.05, 3.63) is 54.3 Å². The minimum atomic E-state index is -4.50. The normalized spacial score (nSPS) is 11.6. The third-order valence-electron chi connectivity index (χ3n) is 3.45. The van der Waals surface area contributed by atoms with Crippen molar-refractivity contribution in [3.63, 3.8) is 0 Å². The quantitative estimate of drug-likeness (QED) is 0.742. The Hall–Kier alpha value is -1.77. The lowest BCUT2D eigenvalue weighted by molar-refractivity contribution is 0.480. The number of aromatic nitrogens is 2. The van der Waals surface area contributed by atoms with E-state index in [0.717, 1.165) is 10.8 Å². The van der Waals surface area contributed by atoms with E-state index < -0.39 is 26.3 Å². The molecule has 0 amide bonds. The van der Waals surface area contributed by atoms with Crippen LogP contribution >= 0.6 is 23.2 Å². The van der Waals surface area contributed by atoms with Gasteiger partial charge >= 0.3 is 15.8 Å². The summed E-state index contributed by atoms with van der Waals surface area (Å²) in [6, 6.07) is 1.36. The topological polar surface area (TPSA) is 87.4 Å². The largest absolute Gasteiger partial charge is 0.377 e. The number of benzene rings is 1. The van der Waals surface area contributed by atoms with Crippen LogP contribution in [0.2, 0.25) is 10.0 Å². The Labute approximate surface area is 148 Å². The zero-order valence-electron chi connectivity index (χ0n) is 13.3. The van der Waals surface area contributed by atoms with E-state index in [1.807, 2.05) is 0 Å². The highest BCUT2D eigenvalue weighted by Gasteiger charge is 2.25. The Balaban J connectivity index is 2.64. The number of rotatable bonds is 3. The first-order valence-corrected chi connectivity index (χ1v) is 8.80. The summed E-state index contributed by atoms with van der Waals surface area (Å²) in [5.41, 5.74) is -0.624. The molecular formula is C14H14Cl2N2O5S. The molecule has 0 atom stereocenters. The van der Waals surface area contributed by atoms with Gasteiger partial charge in [-0.05, 0) is 31.0 Å². The van der Waals surface area contributed by atoms with Crippen molar-refractivity contribution in [2.45, 2.75) is 18.7 Å². The maximum atomic E-state index is 12.5. The molecule has 0 radical (unpaired) electrons. The zero-order chi connectivity index (χ0) is 18.4. The molecule has 130 valence electrons. The SMILES string of the molecule is Cc1cc(OS(=O)(=O)c2cn(C)c(=O)n(C)c2=O)c(Cl)c(C)c1Cl. The van der Waals surface area contributed by atoms with Crippen LogP contribution in [0.5, 0.6) is 5.75 Å². The fourth-order valence-electron chi connectivity index (χ4n) is 2.07. The van der Waals surface area contributed by atoms with Crippen molar-refractivity contribution < 1.29 is 12.6 Å². The molecule has 24 heavy (non-hydrogen) atoms. The summed E-state index contributed by atoms with van der Waals surface area (Å²) in [5, 5.41) is 0.415. The molecule has 0 aliphatic carbocycles. The molecule has 0 fully saturated rings. The Bertz CT molecular complexity index is 1050. The van der Waals surface area contributed by atoms with E-state index in [1.165, 1.54) is 20.2 Å². The van der Waals surface area contributed by atoms with E-state index >= 15 is 0 Å². The van der Waals surface area contributed by atoms with Gasteiger partial charge in [-0.25, -0.2) is 4.79 Å². The summed E-state index contributed by atoms with van der Waals surface area (Å²) in [4.78, 5) is 23.1. The molecule has 0 saturated heterocycles.